The van der Waals surface area contributed by atoms with E-state index in [1.165, 1.54) is 22.4 Å². The van der Waals surface area contributed by atoms with Crippen LogP contribution in [-0.2, 0) is 11.8 Å². The first-order chi connectivity index (χ1) is 9.43. The molecule has 0 amide bonds. The van der Waals surface area contributed by atoms with Crippen molar-refractivity contribution in [1.82, 2.24) is 9.55 Å². The van der Waals surface area contributed by atoms with Crippen molar-refractivity contribution >= 4 is 17.6 Å². The van der Waals surface area contributed by atoms with E-state index in [0.29, 0.717) is 5.16 Å². The highest BCUT2D eigenvalue weighted by atomic mass is 32.2. The van der Waals surface area contributed by atoms with Crippen molar-refractivity contribution in [2.75, 3.05) is 18.2 Å². The quantitative estimate of drug-likeness (QED) is 0.388. The molecule has 0 aromatic carbocycles. The molecule has 20 heavy (non-hydrogen) atoms. The van der Waals surface area contributed by atoms with Crippen molar-refractivity contribution < 1.29 is 20.1 Å². The standard InChI is InChI=1S/C11H17N3O5S/c1-14-7(16)3-6(13-11(14)20-2)12-10-9(18)8(17)5(15)4-19-10/h3,5,8-10,12,15,17-18H,4H2,1-2H3/t5-,8-,9-,10-/m1/s1. The van der Waals surface area contributed by atoms with Gasteiger partial charge in [0.2, 0.25) is 0 Å². The lowest BCUT2D eigenvalue weighted by Gasteiger charge is -2.35. The van der Waals surface area contributed by atoms with E-state index >= 15 is 0 Å². The minimum absolute atomic E-state index is 0.115. The van der Waals surface area contributed by atoms with Crippen LogP contribution in [0.4, 0.5) is 5.82 Å². The molecule has 0 spiro atoms. The van der Waals surface area contributed by atoms with E-state index in [9.17, 15) is 20.1 Å². The normalized spacial score (nSPS) is 30.2. The summed E-state index contributed by atoms with van der Waals surface area (Å²) in [6.45, 7) is -0.115. The molecule has 8 nitrogen and oxygen atoms in total. The van der Waals surface area contributed by atoms with Crippen LogP contribution < -0.4 is 10.9 Å². The van der Waals surface area contributed by atoms with Gasteiger partial charge in [-0.1, -0.05) is 11.8 Å². The summed E-state index contributed by atoms with van der Waals surface area (Å²) in [6.07, 6.45) is -2.92. The average molecular weight is 303 g/mol. The summed E-state index contributed by atoms with van der Waals surface area (Å²) in [5.41, 5.74) is -0.252. The fraction of sp³-hybridized carbons (Fsp3) is 0.636. The van der Waals surface area contributed by atoms with Gasteiger partial charge in [-0.05, 0) is 6.26 Å². The smallest absolute Gasteiger partial charge is 0.255 e. The van der Waals surface area contributed by atoms with Gasteiger partial charge in [-0.15, -0.1) is 0 Å². The first-order valence-electron chi connectivity index (χ1n) is 5.98. The van der Waals surface area contributed by atoms with Crippen molar-refractivity contribution in [1.29, 1.82) is 0 Å². The number of ether oxygens (including phenoxy) is 1. The van der Waals surface area contributed by atoms with Gasteiger partial charge < -0.3 is 25.4 Å². The van der Waals surface area contributed by atoms with Crippen LogP contribution in [0.5, 0.6) is 0 Å². The molecule has 0 bridgehead atoms. The van der Waals surface area contributed by atoms with Crippen molar-refractivity contribution in [2.45, 2.75) is 29.7 Å². The summed E-state index contributed by atoms with van der Waals surface area (Å²) in [6, 6.07) is 1.27. The predicted octanol–water partition coefficient (Wildman–Crippen LogP) is -1.65. The largest absolute Gasteiger partial charge is 0.388 e. The van der Waals surface area contributed by atoms with E-state index in [1.807, 2.05) is 0 Å². The zero-order chi connectivity index (χ0) is 14.9. The number of aliphatic hydroxyl groups is 3. The SMILES string of the molecule is CSc1nc(N[C@@H]2OC[C@@H](O)[C@@H](O)[C@H]2O)cc(=O)n1C. The summed E-state index contributed by atoms with van der Waals surface area (Å²) in [7, 11) is 1.61. The van der Waals surface area contributed by atoms with Gasteiger partial charge in [-0.3, -0.25) is 9.36 Å². The lowest BCUT2D eigenvalue weighted by molar-refractivity contribution is -0.178. The van der Waals surface area contributed by atoms with Crippen LogP contribution in [0, 0.1) is 0 Å². The predicted molar refractivity (Wildman–Crippen MR) is 72.6 cm³/mol. The highest BCUT2D eigenvalue weighted by molar-refractivity contribution is 7.98. The molecule has 112 valence electrons. The number of thioether (sulfide) groups is 1. The lowest BCUT2D eigenvalue weighted by atomic mass is 10.0. The molecule has 4 N–H and O–H groups in total. The molecule has 2 rings (SSSR count). The Balaban J connectivity index is 2.18. The van der Waals surface area contributed by atoms with Gasteiger partial charge in [0, 0.05) is 13.1 Å². The Morgan fingerprint density at radius 1 is 1.45 bits per heavy atom. The number of hydrogen-bond donors (Lipinski definition) is 4. The topological polar surface area (TPSA) is 117 Å². The van der Waals surface area contributed by atoms with Crippen LogP contribution >= 0.6 is 11.8 Å². The highest BCUT2D eigenvalue weighted by Gasteiger charge is 2.37. The number of hydrogen-bond acceptors (Lipinski definition) is 8. The second-order valence-electron chi connectivity index (χ2n) is 4.47. The van der Waals surface area contributed by atoms with Crippen molar-refractivity contribution in [2.24, 2.45) is 7.05 Å². The van der Waals surface area contributed by atoms with E-state index in [1.54, 1.807) is 13.3 Å². The van der Waals surface area contributed by atoms with Crippen LogP contribution in [0.1, 0.15) is 0 Å². The van der Waals surface area contributed by atoms with Crippen molar-refractivity contribution in [3.05, 3.63) is 16.4 Å². The summed E-state index contributed by atoms with van der Waals surface area (Å²) in [5.74, 6) is 0.241. The minimum atomic E-state index is -1.32. The molecule has 0 saturated carbocycles. The molecular formula is C11H17N3O5S. The average Bonchev–Trinajstić information content (AvgIpc) is 2.43. The molecular weight excluding hydrogens is 286 g/mol. The van der Waals surface area contributed by atoms with Gasteiger partial charge in [0.15, 0.2) is 11.4 Å². The maximum absolute atomic E-state index is 11.7. The van der Waals surface area contributed by atoms with Gasteiger partial charge in [0.1, 0.15) is 24.1 Å². The number of aliphatic hydroxyl groups excluding tert-OH is 3. The molecule has 1 aromatic rings. The molecule has 9 heteroatoms. The van der Waals surface area contributed by atoms with Crippen molar-refractivity contribution in [3.63, 3.8) is 0 Å². The molecule has 1 aliphatic heterocycles. The van der Waals surface area contributed by atoms with Crippen LogP contribution in [0.25, 0.3) is 0 Å². The van der Waals surface area contributed by atoms with Gasteiger partial charge in [-0.2, -0.15) is 0 Å². The number of rotatable bonds is 3. The van der Waals surface area contributed by atoms with Gasteiger partial charge in [-0.25, -0.2) is 4.98 Å². The van der Waals surface area contributed by atoms with Crippen molar-refractivity contribution in [3.8, 4) is 0 Å². The fourth-order valence-electron chi connectivity index (χ4n) is 1.85. The zero-order valence-electron chi connectivity index (χ0n) is 11.1. The number of nitrogens with zero attached hydrogens (tertiary/aromatic N) is 2. The molecule has 1 aliphatic rings. The monoisotopic (exact) mass is 303 g/mol. The Hall–Kier alpha value is -1.13. The van der Waals surface area contributed by atoms with Gasteiger partial charge >= 0.3 is 0 Å². The Labute approximate surface area is 119 Å². The number of anilines is 1. The van der Waals surface area contributed by atoms with E-state index in [0.717, 1.165) is 0 Å². The summed E-state index contributed by atoms with van der Waals surface area (Å²) < 4.78 is 6.59. The minimum Gasteiger partial charge on any atom is -0.388 e. The molecule has 0 aliphatic carbocycles. The Morgan fingerprint density at radius 2 is 2.15 bits per heavy atom. The third-order valence-electron chi connectivity index (χ3n) is 3.07. The molecule has 4 atom stereocenters. The summed E-state index contributed by atoms with van der Waals surface area (Å²) in [5, 5.41) is 32.0. The summed E-state index contributed by atoms with van der Waals surface area (Å²) >= 11 is 1.31. The Bertz CT molecular complexity index is 537. The maximum Gasteiger partial charge on any atom is 0.255 e. The number of aromatic nitrogens is 2. The maximum atomic E-state index is 11.7. The third-order valence-corrected chi connectivity index (χ3v) is 3.80. The Kier molecular flexibility index (Phi) is 4.66. The molecule has 0 unspecified atom stereocenters. The molecule has 0 radical (unpaired) electrons. The van der Waals surface area contributed by atoms with Crippen LogP contribution in [0.15, 0.2) is 16.0 Å². The third kappa shape index (κ3) is 2.96. The highest BCUT2D eigenvalue weighted by Crippen LogP contribution is 2.18. The van der Waals surface area contributed by atoms with E-state index < -0.39 is 24.5 Å². The molecule has 2 heterocycles. The van der Waals surface area contributed by atoms with E-state index in [4.69, 9.17) is 4.74 Å². The second kappa shape index (κ2) is 6.10. The van der Waals surface area contributed by atoms with E-state index in [2.05, 4.69) is 10.3 Å². The van der Waals surface area contributed by atoms with Crippen LogP contribution in [0.2, 0.25) is 0 Å². The summed E-state index contributed by atoms with van der Waals surface area (Å²) in [4.78, 5) is 15.9. The first-order valence-corrected chi connectivity index (χ1v) is 7.21. The molecule has 1 saturated heterocycles. The Morgan fingerprint density at radius 3 is 2.80 bits per heavy atom. The second-order valence-corrected chi connectivity index (χ2v) is 5.25. The number of nitrogens with one attached hydrogen (secondary N) is 1. The van der Waals surface area contributed by atoms with Gasteiger partial charge in [0.05, 0.1) is 6.61 Å². The fourth-order valence-corrected chi connectivity index (χ4v) is 2.41. The lowest BCUT2D eigenvalue weighted by Crippen LogP contribution is -2.55. The van der Waals surface area contributed by atoms with Crippen LogP contribution in [0.3, 0.4) is 0 Å². The first kappa shape index (κ1) is 15.3. The van der Waals surface area contributed by atoms with Gasteiger partial charge in [0.25, 0.3) is 5.56 Å². The van der Waals surface area contributed by atoms with E-state index in [-0.39, 0.29) is 18.0 Å². The molecule has 1 fully saturated rings. The molecule has 1 aromatic heterocycles. The van der Waals surface area contributed by atoms with Crippen LogP contribution in [-0.4, -0.2) is 62.3 Å². The zero-order valence-corrected chi connectivity index (χ0v) is 11.9.